The maximum absolute atomic E-state index is 12.3. The van der Waals surface area contributed by atoms with Crippen molar-refractivity contribution < 1.29 is 22.6 Å². The maximum Gasteiger partial charge on any atom is 0.184 e. The molecule has 4 rings (SSSR count). The number of fused-ring (bicyclic) bond motifs is 2. The molecule has 4 aliphatic rings. The fraction of sp³-hybridized carbons (Fsp3) is 0.920. The fourth-order valence-electron chi connectivity index (χ4n) is 6.69. The van der Waals surface area contributed by atoms with Crippen molar-refractivity contribution in [2.45, 2.75) is 108 Å². The molecule has 0 aromatic rings. The van der Waals surface area contributed by atoms with Crippen LogP contribution in [0.25, 0.3) is 0 Å². The van der Waals surface area contributed by atoms with Crippen molar-refractivity contribution in [3.63, 3.8) is 0 Å². The van der Waals surface area contributed by atoms with E-state index in [-0.39, 0.29) is 17.1 Å². The smallest absolute Gasteiger partial charge is 0.184 e. The Hall–Kier alpha value is -0.400. The lowest BCUT2D eigenvalue weighted by molar-refractivity contribution is -0.128. The first-order valence-corrected chi connectivity index (χ1v) is 15.9. The van der Waals surface area contributed by atoms with E-state index >= 15 is 0 Å². The zero-order valence-corrected chi connectivity index (χ0v) is 22.0. The van der Waals surface area contributed by atoms with Gasteiger partial charge in [0.25, 0.3) is 0 Å². The fourth-order valence-corrected chi connectivity index (χ4v) is 10.1. The summed E-state index contributed by atoms with van der Waals surface area (Å²) in [7, 11) is -4.13. The summed E-state index contributed by atoms with van der Waals surface area (Å²) < 4.78 is 33.3. The van der Waals surface area contributed by atoms with Crippen molar-refractivity contribution >= 4 is 32.6 Å². The van der Waals surface area contributed by atoms with E-state index in [9.17, 15) is 22.6 Å². The number of hydrogen-bond donors (Lipinski definition) is 0. The van der Waals surface area contributed by atoms with Gasteiger partial charge < -0.3 is 4.55 Å². The molecule has 4 aliphatic carbocycles. The molecule has 4 atom stereocenters. The SMILES string of the molecule is CC12CCC(C(S(=O)(=O)[O-])C1=O)C2(C)C.C[S+](CC(=O)C1CCCCC1)C1CCCCC1. The summed E-state index contributed by atoms with van der Waals surface area (Å²) >= 11 is 0. The summed E-state index contributed by atoms with van der Waals surface area (Å²) in [5.41, 5.74) is -0.994. The normalized spacial score (nSPS) is 34.1. The van der Waals surface area contributed by atoms with Crippen molar-refractivity contribution in [2.24, 2.45) is 22.7 Å². The van der Waals surface area contributed by atoms with Crippen LogP contribution in [0, 0.1) is 22.7 Å². The largest absolute Gasteiger partial charge is 0.747 e. The Balaban J connectivity index is 0.000000182. The lowest BCUT2D eigenvalue weighted by Gasteiger charge is -2.32. The molecule has 4 fully saturated rings. The number of carbonyl (C=O) groups excluding carboxylic acids is 2. The first kappa shape index (κ1) is 26.2. The summed E-state index contributed by atoms with van der Waals surface area (Å²) in [5.74, 6) is 1.27. The zero-order chi connectivity index (χ0) is 23.7. The molecular weight excluding hydrogens is 444 g/mol. The molecule has 0 radical (unpaired) electrons. The van der Waals surface area contributed by atoms with E-state index in [0.717, 1.165) is 11.0 Å². The predicted octanol–water partition coefficient (Wildman–Crippen LogP) is 4.64. The van der Waals surface area contributed by atoms with Gasteiger partial charge in [0.05, 0.1) is 6.26 Å². The molecular formula is C25H42O5S2. The highest BCUT2D eigenvalue weighted by Gasteiger charge is 2.67. The minimum atomic E-state index is -4.49. The van der Waals surface area contributed by atoms with Crippen LogP contribution < -0.4 is 0 Å². The Morgan fingerprint density at radius 1 is 0.969 bits per heavy atom. The third-order valence-electron chi connectivity index (χ3n) is 9.33. The van der Waals surface area contributed by atoms with E-state index in [2.05, 4.69) is 6.26 Å². The van der Waals surface area contributed by atoms with E-state index in [1.807, 2.05) is 13.8 Å². The molecule has 0 aromatic heterocycles. The Morgan fingerprint density at radius 3 is 1.94 bits per heavy atom. The van der Waals surface area contributed by atoms with Crippen LogP contribution in [0.3, 0.4) is 0 Å². The molecule has 184 valence electrons. The first-order valence-electron chi connectivity index (χ1n) is 12.5. The van der Waals surface area contributed by atoms with Gasteiger partial charge in [-0.1, -0.05) is 46.5 Å². The van der Waals surface area contributed by atoms with Gasteiger partial charge in [0.1, 0.15) is 20.6 Å². The lowest BCUT2D eigenvalue weighted by atomic mass is 9.70. The first-order chi connectivity index (χ1) is 14.9. The zero-order valence-electron chi connectivity index (χ0n) is 20.4. The minimum Gasteiger partial charge on any atom is -0.747 e. The van der Waals surface area contributed by atoms with Crippen LogP contribution in [0.4, 0.5) is 0 Å². The van der Waals surface area contributed by atoms with Gasteiger partial charge in [-0.2, -0.15) is 0 Å². The van der Waals surface area contributed by atoms with Gasteiger partial charge in [-0.15, -0.1) is 0 Å². The molecule has 2 bridgehead atoms. The standard InChI is InChI=1S/C15H27OS.C10H16O4S/c1-17(14-10-6-3-7-11-14)12-15(16)13-8-4-2-5-9-13;1-9(2)6-4-5-10(9,3)8(11)7(6)15(12,13)14/h13-14H,2-12H2,1H3;6-7H,4-5H2,1-3H3,(H,12,13,14)/q+1;/p-1. The van der Waals surface area contributed by atoms with E-state index in [1.165, 1.54) is 64.2 Å². The van der Waals surface area contributed by atoms with Gasteiger partial charge in [-0.3, -0.25) is 9.59 Å². The highest BCUT2D eigenvalue weighted by atomic mass is 32.2. The van der Waals surface area contributed by atoms with Crippen LogP contribution in [-0.4, -0.2) is 47.0 Å². The van der Waals surface area contributed by atoms with Gasteiger partial charge in [-0.25, -0.2) is 8.42 Å². The molecule has 32 heavy (non-hydrogen) atoms. The topological polar surface area (TPSA) is 91.3 Å². The molecule has 0 aromatic carbocycles. The van der Waals surface area contributed by atoms with Crippen LogP contribution in [-0.2, 0) is 30.6 Å². The van der Waals surface area contributed by atoms with Crippen LogP contribution in [0.5, 0.6) is 0 Å². The Labute approximate surface area is 198 Å². The van der Waals surface area contributed by atoms with E-state index in [0.29, 0.717) is 35.4 Å². The van der Waals surface area contributed by atoms with Gasteiger partial charge >= 0.3 is 0 Å². The molecule has 7 heteroatoms. The second-order valence-electron chi connectivity index (χ2n) is 11.4. The van der Waals surface area contributed by atoms with Crippen molar-refractivity contribution in [1.82, 2.24) is 0 Å². The Bertz CT molecular complexity index is 793. The lowest BCUT2D eigenvalue weighted by Crippen LogP contribution is -2.38. The van der Waals surface area contributed by atoms with E-state index in [4.69, 9.17) is 0 Å². The molecule has 0 N–H and O–H groups in total. The molecule has 0 amide bonds. The molecule has 4 unspecified atom stereocenters. The number of carbonyl (C=O) groups is 2. The summed E-state index contributed by atoms with van der Waals surface area (Å²) in [4.78, 5) is 24.2. The average Bonchev–Trinajstić information content (AvgIpc) is 3.07. The second-order valence-corrected chi connectivity index (χ2v) is 15.2. The number of Topliss-reactive ketones (excluding diaryl/α,β-unsaturated/α-hetero) is 2. The van der Waals surface area contributed by atoms with Gasteiger partial charge in [0, 0.05) is 11.3 Å². The molecule has 0 aliphatic heterocycles. The Kier molecular flexibility index (Phi) is 8.25. The van der Waals surface area contributed by atoms with Crippen molar-refractivity contribution in [3.8, 4) is 0 Å². The van der Waals surface area contributed by atoms with Crippen LogP contribution in [0.2, 0.25) is 0 Å². The number of hydrogen-bond acceptors (Lipinski definition) is 5. The molecule has 0 saturated heterocycles. The summed E-state index contributed by atoms with van der Waals surface area (Å²) in [6.45, 7) is 5.59. The van der Waals surface area contributed by atoms with Crippen LogP contribution >= 0.6 is 0 Å². The summed E-state index contributed by atoms with van der Waals surface area (Å²) in [6, 6.07) is 0. The predicted molar refractivity (Wildman–Crippen MR) is 130 cm³/mol. The van der Waals surface area contributed by atoms with E-state index in [1.54, 1.807) is 6.92 Å². The quantitative estimate of drug-likeness (QED) is 0.417. The third kappa shape index (κ3) is 5.14. The molecule has 4 saturated carbocycles. The average molecular weight is 487 g/mol. The minimum absolute atomic E-state index is 0.294. The van der Waals surface area contributed by atoms with E-state index < -0.39 is 20.8 Å². The number of rotatable bonds is 5. The highest BCUT2D eigenvalue weighted by molar-refractivity contribution is 7.97. The molecule has 0 spiro atoms. The molecule has 5 nitrogen and oxygen atoms in total. The van der Waals surface area contributed by atoms with Crippen molar-refractivity contribution in [3.05, 3.63) is 0 Å². The van der Waals surface area contributed by atoms with Gasteiger partial charge in [0.15, 0.2) is 17.3 Å². The van der Waals surface area contributed by atoms with Crippen LogP contribution in [0.1, 0.15) is 97.8 Å². The second kappa shape index (κ2) is 10.1. The third-order valence-corrected chi connectivity index (χ3v) is 12.8. The monoisotopic (exact) mass is 486 g/mol. The van der Waals surface area contributed by atoms with Crippen LogP contribution in [0.15, 0.2) is 0 Å². The van der Waals surface area contributed by atoms with Crippen molar-refractivity contribution in [1.29, 1.82) is 0 Å². The van der Waals surface area contributed by atoms with Gasteiger partial charge in [0.2, 0.25) is 0 Å². The van der Waals surface area contributed by atoms with Crippen molar-refractivity contribution in [2.75, 3.05) is 12.0 Å². The maximum atomic E-state index is 12.3. The molecule has 0 heterocycles. The van der Waals surface area contributed by atoms with Gasteiger partial charge in [-0.05, 0) is 73.6 Å². The Morgan fingerprint density at radius 2 is 1.50 bits per heavy atom. The summed E-state index contributed by atoms with van der Waals surface area (Å²) in [6.07, 6.45) is 17.0. The highest BCUT2D eigenvalue weighted by Crippen LogP contribution is 2.64. The summed E-state index contributed by atoms with van der Waals surface area (Å²) in [5, 5.41) is -0.428. The number of ketones is 2.